The van der Waals surface area contributed by atoms with E-state index in [0.29, 0.717) is 23.5 Å². The highest BCUT2D eigenvalue weighted by Crippen LogP contribution is 2.43. The maximum absolute atomic E-state index is 12.2. The van der Waals surface area contributed by atoms with E-state index < -0.39 is 5.97 Å². The fourth-order valence-electron chi connectivity index (χ4n) is 8.05. The third-order valence-corrected chi connectivity index (χ3v) is 10.7. The van der Waals surface area contributed by atoms with E-state index in [1.165, 1.54) is 82.1 Å². The number of carboxylic acids is 1. The van der Waals surface area contributed by atoms with Crippen LogP contribution in [0.4, 0.5) is 0 Å². The lowest BCUT2D eigenvalue weighted by atomic mass is 9.73. The Labute approximate surface area is 260 Å². The van der Waals surface area contributed by atoms with Crippen LogP contribution in [0.2, 0.25) is 0 Å². The van der Waals surface area contributed by atoms with Crippen LogP contribution in [0, 0.1) is 29.6 Å². The Morgan fingerprint density at radius 1 is 0.907 bits per heavy atom. The second kappa shape index (κ2) is 17.6. The Balaban J connectivity index is 0.000000628. The van der Waals surface area contributed by atoms with Gasteiger partial charge in [-0.1, -0.05) is 85.8 Å². The summed E-state index contributed by atoms with van der Waals surface area (Å²) in [6.07, 6.45) is 22.9. The molecule has 43 heavy (non-hydrogen) atoms. The van der Waals surface area contributed by atoms with Gasteiger partial charge in [-0.2, -0.15) is 0 Å². The third-order valence-electron chi connectivity index (χ3n) is 10.7. The van der Waals surface area contributed by atoms with Crippen molar-refractivity contribution in [2.75, 3.05) is 19.6 Å². The first-order valence-electron chi connectivity index (χ1n) is 17.2. The Morgan fingerprint density at radius 2 is 1.58 bits per heavy atom. The van der Waals surface area contributed by atoms with Gasteiger partial charge < -0.3 is 15.2 Å². The van der Waals surface area contributed by atoms with Gasteiger partial charge in [0.05, 0.1) is 5.92 Å². The predicted molar refractivity (Wildman–Crippen MR) is 177 cm³/mol. The highest BCUT2D eigenvalue weighted by molar-refractivity contribution is 6.12. The molecule has 5 nitrogen and oxygen atoms in total. The van der Waals surface area contributed by atoms with Crippen LogP contribution in [0.1, 0.15) is 104 Å². The van der Waals surface area contributed by atoms with Crippen LogP contribution in [0.3, 0.4) is 0 Å². The molecule has 1 heterocycles. The smallest absolute Gasteiger partial charge is 0.307 e. The van der Waals surface area contributed by atoms with E-state index in [4.69, 9.17) is 0 Å². The molecule has 4 aliphatic rings. The van der Waals surface area contributed by atoms with Crippen LogP contribution in [0.25, 0.3) is 0 Å². The van der Waals surface area contributed by atoms with Crippen LogP contribution < -0.4 is 0 Å². The van der Waals surface area contributed by atoms with E-state index >= 15 is 0 Å². The van der Waals surface area contributed by atoms with Crippen molar-refractivity contribution < 1.29 is 15.1 Å². The first kappa shape index (κ1) is 33.2. The minimum absolute atomic E-state index is 0.0925. The van der Waals surface area contributed by atoms with Crippen molar-refractivity contribution in [1.29, 1.82) is 0 Å². The van der Waals surface area contributed by atoms with Crippen molar-refractivity contribution in [2.45, 2.75) is 104 Å². The average Bonchev–Trinajstić information content (AvgIpc) is 3.50. The standard InChI is InChI=1S/C32H50N2O3.C6H6/c1-3-23(2)29-21-25(13-15-30(29)33-37)9-7-8-24-16-18-34(19-17-24)22-26-12-14-28(20-26)31(32(35)36)27-10-5-4-6-11-27;1-2-4-6-5-3-1/h13,15,21,24,26-28,31,37H,3-12,14,16-20,22H2,1-2H3,(H,35,36);1-6H/b29-23+,33-30-;. The minimum Gasteiger partial charge on any atom is -0.481 e. The summed E-state index contributed by atoms with van der Waals surface area (Å²) >= 11 is 0. The van der Waals surface area contributed by atoms with Crippen molar-refractivity contribution in [3.63, 3.8) is 0 Å². The molecule has 0 aromatic heterocycles. The van der Waals surface area contributed by atoms with Crippen LogP contribution in [-0.2, 0) is 4.79 Å². The van der Waals surface area contributed by atoms with Crippen molar-refractivity contribution in [3.8, 4) is 0 Å². The molecule has 5 heteroatoms. The lowest BCUT2D eigenvalue weighted by Gasteiger charge is -2.34. The van der Waals surface area contributed by atoms with E-state index in [1.807, 2.05) is 42.5 Å². The Bertz CT molecular complexity index is 1080. The Hall–Kier alpha value is -2.66. The molecule has 1 aromatic rings. The van der Waals surface area contributed by atoms with Gasteiger partial charge in [-0.25, -0.2) is 0 Å². The molecule has 236 valence electrons. The number of hydrogen-bond acceptors (Lipinski definition) is 4. The quantitative estimate of drug-likeness (QED) is 0.211. The Kier molecular flexibility index (Phi) is 13.6. The second-order valence-electron chi connectivity index (χ2n) is 13.6. The number of oxime groups is 1. The molecule has 3 fully saturated rings. The van der Waals surface area contributed by atoms with Gasteiger partial charge in [-0.15, -0.1) is 0 Å². The van der Waals surface area contributed by atoms with Gasteiger partial charge in [-0.05, 0) is 126 Å². The number of likely N-dealkylation sites (tertiary alicyclic amines) is 1. The molecule has 5 rings (SSSR count). The maximum atomic E-state index is 12.2. The van der Waals surface area contributed by atoms with Gasteiger partial charge in [0.2, 0.25) is 0 Å². The maximum Gasteiger partial charge on any atom is 0.307 e. The van der Waals surface area contributed by atoms with Gasteiger partial charge in [-0.3, -0.25) is 4.79 Å². The number of nitrogens with zero attached hydrogens (tertiary/aromatic N) is 2. The number of hydrogen-bond donors (Lipinski definition) is 2. The molecule has 1 aliphatic heterocycles. The van der Waals surface area contributed by atoms with Gasteiger partial charge in [0, 0.05) is 12.1 Å². The molecule has 3 unspecified atom stereocenters. The molecule has 2 N–H and O–H groups in total. The average molecular weight is 589 g/mol. The monoisotopic (exact) mass is 588 g/mol. The van der Waals surface area contributed by atoms with Gasteiger partial charge >= 0.3 is 5.97 Å². The summed E-state index contributed by atoms with van der Waals surface area (Å²) in [5.74, 6) is 1.73. The second-order valence-corrected chi connectivity index (χ2v) is 13.6. The zero-order valence-corrected chi connectivity index (χ0v) is 26.8. The molecule has 2 saturated carbocycles. The molecule has 3 atom stereocenters. The number of carbonyl (C=O) groups is 1. The summed E-state index contributed by atoms with van der Waals surface area (Å²) < 4.78 is 0. The first-order chi connectivity index (χ1) is 21.0. The zero-order chi connectivity index (χ0) is 30.4. The van der Waals surface area contributed by atoms with Crippen molar-refractivity contribution >= 4 is 11.7 Å². The summed E-state index contributed by atoms with van der Waals surface area (Å²) in [6, 6.07) is 12.0. The van der Waals surface area contributed by atoms with Crippen molar-refractivity contribution in [2.24, 2.45) is 34.7 Å². The lowest BCUT2D eigenvalue weighted by molar-refractivity contribution is -0.146. The van der Waals surface area contributed by atoms with Gasteiger partial charge in [0.15, 0.2) is 0 Å². The number of piperidine rings is 1. The van der Waals surface area contributed by atoms with Crippen LogP contribution in [0.5, 0.6) is 0 Å². The van der Waals surface area contributed by atoms with Gasteiger partial charge in [0.1, 0.15) is 5.71 Å². The largest absolute Gasteiger partial charge is 0.481 e. The molecular weight excluding hydrogens is 532 g/mol. The molecule has 1 aromatic carbocycles. The summed E-state index contributed by atoms with van der Waals surface area (Å²) in [4.78, 5) is 14.8. The van der Waals surface area contributed by atoms with Gasteiger partial charge in [0.25, 0.3) is 0 Å². The molecule has 0 radical (unpaired) electrons. The van der Waals surface area contributed by atoms with E-state index in [2.05, 4.69) is 36.1 Å². The highest BCUT2D eigenvalue weighted by Gasteiger charge is 2.40. The summed E-state index contributed by atoms with van der Waals surface area (Å²) in [6.45, 7) is 7.86. The fourth-order valence-corrected chi connectivity index (χ4v) is 8.05. The molecule has 1 saturated heterocycles. The molecule has 3 aliphatic carbocycles. The van der Waals surface area contributed by atoms with E-state index in [9.17, 15) is 15.1 Å². The predicted octanol–water partition coefficient (Wildman–Crippen LogP) is 9.31. The van der Waals surface area contributed by atoms with E-state index in [0.717, 1.165) is 50.0 Å². The van der Waals surface area contributed by atoms with Crippen LogP contribution in [-0.4, -0.2) is 46.5 Å². The number of rotatable bonds is 10. The molecular formula is C38H56N2O3. The van der Waals surface area contributed by atoms with Crippen LogP contribution >= 0.6 is 0 Å². The molecule has 0 amide bonds. The van der Waals surface area contributed by atoms with E-state index in [1.54, 1.807) is 0 Å². The summed E-state index contributed by atoms with van der Waals surface area (Å²) in [5, 5.41) is 22.8. The van der Waals surface area contributed by atoms with Crippen molar-refractivity contribution in [1.82, 2.24) is 4.90 Å². The zero-order valence-electron chi connectivity index (χ0n) is 26.8. The SMILES string of the molecule is CC/C(C)=C1\C=C(CCCC2CCN(CC3CCC(C(C(=O)O)C4CCCCC4)C3)CC2)C=C\C1=N\O.c1ccccc1. The fraction of sp³-hybridized carbons (Fsp3) is 0.632. The molecule has 0 bridgehead atoms. The first-order valence-corrected chi connectivity index (χ1v) is 17.2. The number of carboxylic acid groups (broad SMARTS) is 1. The summed E-state index contributed by atoms with van der Waals surface area (Å²) in [7, 11) is 0. The normalized spacial score (nSPS) is 26.5. The van der Waals surface area contributed by atoms with Crippen molar-refractivity contribution in [3.05, 3.63) is 71.3 Å². The Morgan fingerprint density at radius 3 is 2.19 bits per heavy atom. The number of allylic oxidation sites excluding steroid dienone is 6. The number of aliphatic carboxylic acids is 1. The highest BCUT2D eigenvalue weighted by atomic mass is 16.4. The van der Waals surface area contributed by atoms with Crippen LogP contribution in [0.15, 0.2) is 76.5 Å². The lowest BCUT2D eigenvalue weighted by Crippen LogP contribution is -2.37. The van der Waals surface area contributed by atoms with E-state index in [-0.39, 0.29) is 5.92 Å². The molecule has 0 spiro atoms. The third kappa shape index (κ3) is 10.2. The topological polar surface area (TPSA) is 73.1 Å². The minimum atomic E-state index is -0.521. The summed E-state index contributed by atoms with van der Waals surface area (Å²) in [5.41, 5.74) is 4.37. The number of benzene rings is 1.